The quantitative estimate of drug-likeness (QED) is 0.517. The number of carbonyl (C=O) groups excluding carboxylic acids is 1. The van der Waals surface area contributed by atoms with Crippen LogP contribution in [0.1, 0.15) is 43.5 Å². The summed E-state index contributed by atoms with van der Waals surface area (Å²) >= 11 is 0. The SMILES string of the molecule is CC[C@H](C)CCCOc1ccc(C=O)cc1. The number of benzene rings is 1. The Labute approximate surface area is 97.6 Å². The minimum atomic E-state index is 0.687. The normalized spacial score (nSPS) is 12.1. The minimum Gasteiger partial charge on any atom is -0.494 e. The van der Waals surface area contributed by atoms with Gasteiger partial charge in [0.2, 0.25) is 0 Å². The third kappa shape index (κ3) is 4.47. The van der Waals surface area contributed by atoms with E-state index in [0.29, 0.717) is 5.56 Å². The van der Waals surface area contributed by atoms with Crippen LogP contribution in [0.4, 0.5) is 0 Å². The summed E-state index contributed by atoms with van der Waals surface area (Å²) in [5.41, 5.74) is 0.687. The lowest BCUT2D eigenvalue weighted by Gasteiger charge is -2.09. The van der Waals surface area contributed by atoms with Gasteiger partial charge in [0.1, 0.15) is 12.0 Å². The third-order valence-electron chi connectivity index (χ3n) is 2.82. The van der Waals surface area contributed by atoms with Crippen molar-refractivity contribution in [1.82, 2.24) is 0 Å². The molecule has 0 amide bonds. The Morgan fingerprint density at radius 1 is 1.31 bits per heavy atom. The molecule has 0 aliphatic heterocycles. The van der Waals surface area contributed by atoms with Gasteiger partial charge < -0.3 is 4.74 Å². The highest BCUT2D eigenvalue weighted by molar-refractivity contribution is 5.74. The Kier molecular flexibility index (Phi) is 5.62. The molecule has 88 valence electrons. The van der Waals surface area contributed by atoms with Crippen LogP contribution in [0.2, 0.25) is 0 Å². The van der Waals surface area contributed by atoms with Crippen LogP contribution >= 0.6 is 0 Å². The molecule has 1 atom stereocenters. The van der Waals surface area contributed by atoms with Crippen LogP contribution in [0.3, 0.4) is 0 Å². The van der Waals surface area contributed by atoms with Gasteiger partial charge in [-0.1, -0.05) is 20.3 Å². The van der Waals surface area contributed by atoms with Crippen molar-refractivity contribution in [2.45, 2.75) is 33.1 Å². The molecule has 2 nitrogen and oxygen atoms in total. The highest BCUT2D eigenvalue weighted by Gasteiger charge is 1.99. The maximum Gasteiger partial charge on any atom is 0.150 e. The molecule has 0 bridgehead atoms. The first-order valence-electron chi connectivity index (χ1n) is 5.94. The van der Waals surface area contributed by atoms with Crippen LogP contribution in [0.15, 0.2) is 24.3 Å². The van der Waals surface area contributed by atoms with E-state index in [1.54, 1.807) is 12.1 Å². The van der Waals surface area contributed by atoms with E-state index >= 15 is 0 Å². The summed E-state index contributed by atoms with van der Waals surface area (Å²) in [4.78, 5) is 10.4. The van der Waals surface area contributed by atoms with Crippen LogP contribution < -0.4 is 4.74 Å². The Balaban J connectivity index is 2.24. The fraction of sp³-hybridized carbons (Fsp3) is 0.500. The van der Waals surface area contributed by atoms with Crippen molar-refractivity contribution in [2.75, 3.05) is 6.61 Å². The lowest BCUT2D eigenvalue weighted by Crippen LogP contribution is -2.00. The number of hydrogen-bond acceptors (Lipinski definition) is 2. The van der Waals surface area contributed by atoms with E-state index in [-0.39, 0.29) is 0 Å². The van der Waals surface area contributed by atoms with Crippen molar-refractivity contribution in [3.8, 4) is 5.75 Å². The lowest BCUT2D eigenvalue weighted by molar-refractivity contribution is 0.112. The molecular weight excluding hydrogens is 200 g/mol. The summed E-state index contributed by atoms with van der Waals surface area (Å²) in [6.45, 7) is 5.23. The van der Waals surface area contributed by atoms with Crippen LogP contribution in [0.25, 0.3) is 0 Å². The zero-order chi connectivity index (χ0) is 11.8. The van der Waals surface area contributed by atoms with Crippen molar-refractivity contribution in [3.05, 3.63) is 29.8 Å². The number of hydrogen-bond donors (Lipinski definition) is 0. The van der Waals surface area contributed by atoms with Crippen LogP contribution in [0, 0.1) is 5.92 Å². The second-order valence-corrected chi connectivity index (χ2v) is 4.19. The molecule has 0 fully saturated rings. The molecule has 0 saturated heterocycles. The average molecular weight is 220 g/mol. The molecular formula is C14H20O2. The van der Waals surface area contributed by atoms with Gasteiger partial charge in [0.15, 0.2) is 0 Å². The molecule has 0 N–H and O–H groups in total. The van der Waals surface area contributed by atoms with Gasteiger partial charge in [-0.25, -0.2) is 0 Å². The van der Waals surface area contributed by atoms with Gasteiger partial charge in [-0.15, -0.1) is 0 Å². The molecule has 2 heteroatoms. The highest BCUT2D eigenvalue weighted by atomic mass is 16.5. The summed E-state index contributed by atoms with van der Waals surface area (Å²) in [5, 5.41) is 0. The number of aldehydes is 1. The van der Waals surface area contributed by atoms with E-state index in [1.165, 1.54) is 12.8 Å². The molecule has 0 aliphatic rings. The van der Waals surface area contributed by atoms with Crippen LogP contribution in [0.5, 0.6) is 5.75 Å². The fourth-order valence-corrected chi connectivity index (χ4v) is 1.47. The largest absolute Gasteiger partial charge is 0.494 e. The maximum absolute atomic E-state index is 10.4. The van der Waals surface area contributed by atoms with E-state index in [1.807, 2.05) is 12.1 Å². The van der Waals surface area contributed by atoms with Crippen molar-refractivity contribution >= 4 is 6.29 Å². The first kappa shape index (κ1) is 12.8. The van der Waals surface area contributed by atoms with Gasteiger partial charge >= 0.3 is 0 Å². The summed E-state index contributed by atoms with van der Waals surface area (Å²) in [5.74, 6) is 1.62. The number of carbonyl (C=O) groups is 1. The Hall–Kier alpha value is -1.31. The third-order valence-corrected chi connectivity index (χ3v) is 2.82. The predicted molar refractivity (Wildman–Crippen MR) is 66.0 cm³/mol. The molecule has 0 aromatic heterocycles. The monoisotopic (exact) mass is 220 g/mol. The molecule has 0 unspecified atom stereocenters. The summed E-state index contributed by atoms with van der Waals surface area (Å²) in [6, 6.07) is 7.23. The maximum atomic E-state index is 10.4. The summed E-state index contributed by atoms with van der Waals surface area (Å²) < 4.78 is 5.58. The van der Waals surface area contributed by atoms with E-state index in [4.69, 9.17) is 4.74 Å². The second kappa shape index (κ2) is 7.04. The van der Waals surface area contributed by atoms with Gasteiger partial charge in [0.25, 0.3) is 0 Å². The molecule has 0 spiro atoms. The van der Waals surface area contributed by atoms with Gasteiger partial charge in [-0.05, 0) is 43.0 Å². The second-order valence-electron chi connectivity index (χ2n) is 4.19. The van der Waals surface area contributed by atoms with E-state index in [9.17, 15) is 4.79 Å². The first-order chi connectivity index (χ1) is 7.76. The topological polar surface area (TPSA) is 26.3 Å². The van der Waals surface area contributed by atoms with Crippen LogP contribution in [-0.4, -0.2) is 12.9 Å². The molecule has 0 radical (unpaired) electrons. The van der Waals surface area contributed by atoms with E-state index in [2.05, 4.69) is 13.8 Å². The van der Waals surface area contributed by atoms with E-state index < -0.39 is 0 Å². The molecule has 16 heavy (non-hydrogen) atoms. The number of ether oxygens (including phenoxy) is 1. The van der Waals surface area contributed by atoms with Gasteiger partial charge in [-0.3, -0.25) is 4.79 Å². The Bertz CT molecular complexity index is 303. The number of rotatable bonds is 7. The standard InChI is InChI=1S/C14H20O2/c1-3-12(2)5-4-10-16-14-8-6-13(11-15)7-9-14/h6-9,11-12H,3-5,10H2,1-2H3/t12-/m0/s1. The van der Waals surface area contributed by atoms with Crippen molar-refractivity contribution in [3.63, 3.8) is 0 Å². The molecule has 0 saturated carbocycles. The first-order valence-corrected chi connectivity index (χ1v) is 5.94. The smallest absolute Gasteiger partial charge is 0.150 e. The van der Waals surface area contributed by atoms with Crippen LogP contribution in [-0.2, 0) is 0 Å². The highest BCUT2D eigenvalue weighted by Crippen LogP contribution is 2.13. The predicted octanol–water partition coefficient (Wildman–Crippen LogP) is 3.70. The fourth-order valence-electron chi connectivity index (χ4n) is 1.47. The van der Waals surface area contributed by atoms with Crippen molar-refractivity contribution in [2.24, 2.45) is 5.92 Å². The Morgan fingerprint density at radius 3 is 2.56 bits per heavy atom. The van der Waals surface area contributed by atoms with Gasteiger partial charge in [0.05, 0.1) is 6.61 Å². The molecule has 0 heterocycles. The molecule has 1 aromatic rings. The van der Waals surface area contributed by atoms with E-state index in [0.717, 1.165) is 31.0 Å². The molecule has 1 aromatic carbocycles. The minimum absolute atomic E-state index is 0.687. The summed E-state index contributed by atoms with van der Waals surface area (Å²) in [6.07, 6.45) is 4.37. The molecule has 1 rings (SSSR count). The van der Waals surface area contributed by atoms with Crippen molar-refractivity contribution < 1.29 is 9.53 Å². The van der Waals surface area contributed by atoms with Crippen molar-refractivity contribution in [1.29, 1.82) is 0 Å². The summed E-state index contributed by atoms with van der Waals surface area (Å²) in [7, 11) is 0. The zero-order valence-corrected chi connectivity index (χ0v) is 10.1. The van der Waals surface area contributed by atoms with Gasteiger partial charge in [0, 0.05) is 5.56 Å². The molecule has 0 aliphatic carbocycles. The lowest BCUT2D eigenvalue weighted by atomic mass is 10.0. The Morgan fingerprint density at radius 2 is 2.00 bits per heavy atom. The average Bonchev–Trinajstić information content (AvgIpc) is 2.35. The zero-order valence-electron chi connectivity index (χ0n) is 10.1. The van der Waals surface area contributed by atoms with Gasteiger partial charge in [-0.2, -0.15) is 0 Å².